The number of carbonyl (C=O) groups excluding carboxylic acids is 1. The van der Waals surface area contributed by atoms with E-state index in [1.54, 1.807) is 6.92 Å². The summed E-state index contributed by atoms with van der Waals surface area (Å²) < 4.78 is 67.4. The highest BCUT2D eigenvalue weighted by molar-refractivity contribution is 7.20. The van der Waals surface area contributed by atoms with Gasteiger partial charge < -0.3 is 11.1 Å². The maximum absolute atomic E-state index is 13.7. The van der Waals surface area contributed by atoms with E-state index in [1.807, 2.05) is 0 Å². The van der Waals surface area contributed by atoms with Crippen LogP contribution in [0, 0.1) is 11.6 Å². The van der Waals surface area contributed by atoms with Crippen LogP contribution in [0.5, 0.6) is 0 Å². The lowest BCUT2D eigenvalue weighted by Crippen LogP contribution is -2.15. The Hall–Kier alpha value is -2.95. The summed E-state index contributed by atoms with van der Waals surface area (Å²) in [6, 6.07) is 5.15. The van der Waals surface area contributed by atoms with Crippen LogP contribution in [-0.2, 0) is 12.7 Å². The molecule has 0 aliphatic heterocycles. The Morgan fingerprint density at radius 1 is 1.25 bits per heavy atom. The van der Waals surface area contributed by atoms with Crippen molar-refractivity contribution in [2.24, 2.45) is 0 Å². The van der Waals surface area contributed by atoms with Crippen LogP contribution in [0.4, 0.5) is 32.6 Å². The summed E-state index contributed by atoms with van der Waals surface area (Å²) in [7, 11) is 0. The first-order valence-corrected chi connectivity index (χ1v) is 8.73. The number of amides is 1. The van der Waals surface area contributed by atoms with E-state index in [0.717, 1.165) is 40.3 Å². The van der Waals surface area contributed by atoms with Gasteiger partial charge in [-0.05, 0) is 31.2 Å². The third-order valence-corrected chi connectivity index (χ3v) is 4.88. The van der Waals surface area contributed by atoms with Crippen LogP contribution in [0.25, 0.3) is 10.6 Å². The average Bonchev–Trinajstić information content (AvgIpc) is 3.17. The molecule has 0 radical (unpaired) electrons. The van der Waals surface area contributed by atoms with Gasteiger partial charge in [-0.25, -0.2) is 8.78 Å². The molecule has 11 heteroatoms. The summed E-state index contributed by atoms with van der Waals surface area (Å²) in [5, 5.41) is 5.95. The van der Waals surface area contributed by atoms with Gasteiger partial charge in [0, 0.05) is 6.54 Å². The predicted octanol–water partition coefficient (Wildman–Crippen LogP) is 4.76. The zero-order valence-electron chi connectivity index (χ0n) is 14.3. The van der Waals surface area contributed by atoms with Gasteiger partial charge >= 0.3 is 6.18 Å². The highest BCUT2D eigenvalue weighted by Gasteiger charge is 2.35. The lowest BCUT2D eigenvalue weighted by Gasteiger charge is -2.05. The number of alkyl halides is 3. The van der Waals surface area contributed by atoms with E-state index in [0.29, 0.717) is 0 Å². The molecule has 28 heavy (non-hydrogen) atoms. The molecule has 0 aliphatic carbocycles. The molecule has 0 fully saturated rings. The van der Waals surface area contributed by atoms with E-state index in [-0.39, 0.29) is 27.8 Å². The van der Waals surface area contributed by atoms with Crippen LogP contribution in [0.15, 0.2) is 30.3 Å². The van der Waals surface area contributed by atoms with E-state index in [2.05, 4.69) is 10.4 Å². The second kappa shape index (κ2) is 7.23. The summed E-state index contributed by atoms with van der Waals surface area (Å²) in [5.41, 5.74) is 4.25. The second-order valence-electron chi connectivity index (χ2n) is 5.67. The molecule has 0 unspecified atom stereocenters. The van der Waals surface area contributed by atoms with Crippen molar-refractivity contribution < 1.29 is 26.7 Å². The SMILES string of the molecule is CCn1nc(C(F)(F)F)cc1-c1sc(NC(=O)c2c(F)cccc2F)cc1N. The van der Waals surface area contributed by atoms with Crippen molar-refractivity contribution in [2.45, 2.75) is 19.6 Å². The Balaban J connectivity index is 1.94. The average molecular weight is 416 g/mol. The molecular formula is C17H13F5N4OS. The smallest absolute Gasteiger partial charge is 0.397 e. The summed E-state index contributed by atoms with van der Waals surface area (Å²) in [4.78, 5) is 12.4. The molecule has 3 N–H and O–H groups in total. The molecule has 0 saturated carbocycles. The molecule has 2 aromatic heterocycles. The number of halogens is 5. The summed E-state index contributed by atoms with van der Waals surface area (Å²) in [5.74, 6) is -3.12. The Kier molecular flexibility index (Phi) is 5.11. The molecule has 2 heterocycles. The Morgan fingerprint density at radius 3 is 2.46 bits per heavy atom. The summed E-state index contributed by atoms with van der Waals surface area (Å²) in [6.07, 6.45) is -4.62. The van der Waals surface area contributed by atoms with Crippen molar-refractivity contribution in [1.82, 2.24) is 9.78 Å². The largest absolute Gasteiger partial charge is 0.435 e. The minimum atomic E-state index is -4.62. The first kappa shape index (κ1) is 19.8. The highest BCUT2D eigenvalue weighted by Crippen LogP contribution is 2.40. The number of thiophene rings is 1. The van der Waals surface area contributed by atoms with E-state index >= 15 is 0 Å². The third kappa shape index (κ3) is 3.70. The van der Waals surface area contributed by atoms with Crippen molar-refractivity contribution >= 4 is 27.9 Å². The van der Waals surface area contributed by atoms with Crippen LogP contribution in [0.2, 0.25) is 0 Å². The van der Waals surface area contributed by atoms with Crippen LogP contribution >= 0.6 is 11.3 Å². The van der Waals surface area contributed by atoms with Crippen molar-refractivity contribution in [2.75, 3.05) is 11.1 Å². The minimum absolute atomic E-state index is 0.0950. The zero-order chi connectivity index (χ0) is 20.6. The van der Waals surface area contributed by atoms with E-state index < -0.39 is 35.0 Å². The van der Waals surface area contributed by atoms with Crippen molar-refractivity contribution in [1.29, 1.82) is 0 Å². The van der Waals surface area contributed by atoms with Gasteiger partial charge in [0.05, 0.1) is 21.3 Å². The predicted molar refractivity (Wildman–Crippen MR) is 94.9 cm³/mol. The molecule has 148 valence electrons. The van der Waals surface area contributed by atoms with Gasteiger partial charge in [0.1, 0.15) is 17.2 Å². The first-order valence-electron chi connectivity index (χ1n) is 7.92. The van der Waals surface area contributed by atoms with Crippen molar-refractivity contribution in [3.8, 4) is 10.6 Å². The monoisotopic (exact) mass is 416 g/mol. The number of benzene rings is 1. The number of hydrogen-bond donors (Lipinski definition) is 2. The molecule has 0 bridgehead atoms. The number of nitrogens with one attached hydrogen (secondary N) is 1. The Morgan fingerprint density at radius 2 is 1.89 bits per heavy atom. The standard InChI is InChI=1S/C17H13F5N4OS/c1-2-26-11(7-12(25-26)17(20,21)22)15-10(23)6-13(28-15)24-16(27)14-8(18)4-3-5-9(14)19/h3-7H,2,23H2,1H3,(H,24,27). The topological polar surface area (TPSA) is 72.9 Å². The van der Waals surface area contributed by atoms with Crippen molar-refractivity contribution in [3.63, 3.8) is 0 Å². The molecule has 1 amide bonds. The van der Waals surface area contributed by atoms with E-state index in [4.69, 9.17) is 5.73 Å². The van der Waals surface area contributed by atoms with Crippen LogP contribution in [0.1, 0.15) is 23.0 Å². The molecule has 3 rings (SSSR count). The Bertz CT molecular complexity index is 1020. The molecule has 0 atom stereocenters. The van der Waals surface area contributed by atoms with Gasteiger partial charge in [-0.3, -0.25) is 9.48 Å². The van der Waals surface area contributed by atoms with E-state index in [1.165, 1.54) is 6.07 Å². The first-order chi connectivity index (χ1) is 13.1. The van der Waals surface area contributed by atoms with Gasteiger partial charge in [0.2, 0.25) is 0 Å². The van der Waals surface area contributed by atoms with Gasteiger partial charge in [-0.1, -0.05) is 6.07 Å². The minimum Gasteiger partial charge on any atom is -0.397 e. The van der Waals surface area contributed by atoms with Crippen LogP contribution < -0.4 is 11.1 Å². The summed E-state index contributed by atoms with van der Waals surface area (Å²) >= 11 is 0.871. The molecule has 1 aromatic carbocycles. The van der Waals surface area contributed by atoms with Crippen LogP contribution in [0.3, 0.4) is 0 Å². The molecule has 5 nitrogen and oxygen atoms in total. The number of nitrogens with two attached hydrogens (primary N) is 1. The number of nitrogen functional groups attached to an aromatic ring is 1. The fourth-order valence-electron chi connectivity index (χ4n) is 2.54. The summed E-state index contributed by atoms with van der Waals surface area (Å²) in [6.45, 7) is 1.77. The maximum atomic E-state index is 13.7. The fraction of sp³-hybridized carbons (Fsp3) is 0.176. The molecule has 0 aliphatic rings. The third-order valence-electron chi connectivity index (χ3n) is 3.79. The lowest BCUT2D eigenvalue weighted by atomic mass is 10.2. The van der Waals surface area contributed by atoms with Gasteiger partial charge in [-0.15, -0.1) is 11.3 Å². The zero-order valence-corrected chi connectivity index (χ0v) is 15.1. The van der Waals surface area contributed by atoms with Crippen LogP contribution in [-0.4, -0.2) is 15.7 Å². The highest BCUT2D eigenvalue weighted by atomic mass is 32.1. The number of carbonyl (C=O) groups is 1. The Labute approximate surface area is 159 Å². The second-order valence-corrected chi connectivity index (χ2v) is 6.73. The number of aryl methyl sites for hydroxylation is 1. The quantitative estimate of drug-likeness (QED) is 0.602. The van der Waals surface area contributed by atoms with E-state index in [9.17, 15) is 26.7 Å². The van der Waals surface area contributed by atoms with Gasteiger partial charge in [0.25, 0.3) is 5.91 Å². The van der Waals surface area contributed by atoms with Crippen molar-refractivity contribution in [3.05, 3.63) is 53.2 Å². The number of nitrogens with zero attached hydrogens (tertiary/aromatic N) is 2. The fourth-order valence-corrected chi connectivity index (χ4v) is 3.53. The maximum Gasteiger partial charge on any atom is 0.435 e. The number of anilines is 2. The lowest BCUT2D eigenvalue weighted by molar-refractivity contribution is -0.141. The molecule has 0 saturated heterocycles. The normalized spacial score (nSPS) is 11.6. The molecule has 0 spiro atoms. The number of rotatable bonds is 4. The number of aromatic nitrogens is 2. The molecule has 3 aromatic rings. The molecular weight excluding hydrogens is 403 g/mol. The van der Waals surface area contributed by atoms with Gasteiger partial charge in [-0.2, -0.15) is 18.3 Å². The number of hydrogen-bond acceptors (Lipinski definition) is 4. The van der Waals surface area contributed by atoms with Gasteiger partial charge in [0.15, 0.2) is 5.69 Å².